The van der Waals surface area contributed by atoms with Crippen LogP contribution >= 0.6 is 0 Å². The molecule has 4 aliphatic rings. The Kier molecular flexibility index (Phi) is 9.78. The van der Waals surface area contributed by atoms with E-state index in [0.29, 0.717) is 50.0 Å². The monoisotopic (exact) mass is 715 g/mol. The molecule has 0 radical (unpaired) electrons. The van der Waals surface area contributed by atoms with Gasteiger partial charge in [-0.2, -0.15) is 10.2 Å². The average molecular weight is 716 g/mol. The van der Waals surface area contributed by atoms with Crippen LogP contribution in [-0.2, 0) is 23.7 Å². The maximum absolute atomic E-state index is 15.6. The van der Waals surface area contributed by atoms with E-state index in [9.17, 15) is 14.4 Å². The largest absolute Gasteiger partial charge is 0.493 e. The zero-order valence-electron chi connectivity index (χ0n) is 29.9. The van der Waals surface area contributed by atoms with Crippen LogP contribution in [0.1, 0.15) is 53.6 Å². The molecule has 52 heavy (non-hydrogen) atoms. The van der Waals surface area contributed by atoms with Crippen molar-refractivity contribution in [1.82, 2.24) is 19.8 Å². The van der Waals surface area contributed by atoms with Gasteiger partial charge in [0, 0.05) is 67.5 Å². The number of nitrogens with zero attached hydrogens (tertiary/aromatic N) is 7. The van der Waals surface area contributed by atoms with Crippen molar-refractivity contribution in [2.75, 3.05) is 62.8 Å². The fourth-order valence-corrected chi connectivity index (χ4v) is 8.29. The molecule has 2 aromatic heterocycles. The molecule has 13 heteroatoms. The van der Waals surface area contributed by atoms with Crippen molar-refractivity contribution in [2.45, 2.75) is 70.5 Å². The number of amides is 1. The SMILES string of the molecule is C=C(F)C(=O)N1CCN(c2nc(OC[C@@H]3CCCN3C)c(-c3c(C)ccnc3C)c3c2CCN(c2cccc4c2C(F)(F)CCO4)C3)C[C@@H]1CC#N. The highest BCUT2D eigenvalue weighted by Gasteiger charge is 2.43. The molecule has 0 spiro atoms. The summed E-state index contributed by atoms with van der Waals surface area (Å²) in [6.07, 6.45) is 3.92. The fraction of sp³-hybridized carbons (Fsp3) is 0.487. The third kappa shape index (κ3) is 6.53. The molecule has 2 atom stereocenters. The maximum Gasteiger partial charge on any atom is 0.282 e. The number of anilines is 2. The van der Waals surface area contributed by atoms with Gasteiger partial charge in [-0.15, -0.1) is 0 Å². The molecule has 4 aliphatic heterocycles. The molecule has 0 bridgehead atoms. The van der Waals surface area contributed by atoms with Crippen LogP contribution in [0.3, 0.4) is 0 Å². The predicted octanol–water partition coefficient (Wildman–Crippen LogP) is 6.08. The van der Waals surface area contributed by atoms with E-state index in [-0.39, 0.29) is 43.5 Å². The summed E-state index contributed by atoms with van der Waals surface area (Å²) in [4.78, 5) is 30.4. The Morgan fingerprint density at radius 2 is 1.94 bits per heavy atom. The van der Waals surface area contributed by atoms with Gasteiger partial charge in [-0.1, -0.05) is 12.6 Å². The third-order valence-electron chi connectivity index (χ3n) is 11.0. The summed E-state index contributed by atoms with van der Waals surface area (Å²) >= 11 is 0. The first-order chi connectivity index (χ1) is 25.0. The van der Waals surface area contributed by atoms with Crippen molar-refractivity contribution in [3.05, 3.63) is 70.8 Å². The number of carbonyl (C=O) groups is 1. The van der Waals surface area contributed by atoms with Crippen LogP contribution in [0.15, 0.2) is 42.9 Å². The second kappa shape index (κ2) is 14.3. The minimum Gasteiger partial charge on any atom is -0.493 e. The number of rotatable bonds is 8. The highest BCUT2D eigenvalue weighted by atomic mass is 19.3. The number of hydrogen-bond donors (Lipinski definition) is 0. The van der Waals surface area contributed by atoms with Gasteiger partial charge in [-0.05, 0) is 76.0 Å². The van der Waals surface area contributed by atoms with E-state index in [1.54, 1.807) is 24.4 Å². The lowest BCUT2D eigenvalue weighted by Crippen LogP contribution is -2.55. The lowest BCUT2D eigenvalue weighted by atomic mass is 9.88. The van der Waals surface area contributed by atoms with E-state index in [1.165, 1.54) is 4.90 Å². The number of carbonyl (C=O) groups excluding carboxylic acids is 1. The van der Waals surface area contributed by atoms with Crippen molar-refractivity contribution >= 4 is 17.4 Å². The number of hydrogen-bond acceptors (Lipinski definition) is 9. The number of piperazine rings is 1. The Balaban J connectivity index is 1.39. The fourth-order valence-electron chi connectivity index (χ4n) is 8.29. The maximum atomic E-state index is 15.6. The summed E-state index contributed by atoms with van der Waals surface area (Å²) < 4.78 is 57.7. The van der Waals surface area contributed by atoms with Crippen LogP contribution in [0.25, 0.3) is 11.1 Å². The highest BCUT2D eigenvalue weighted by molar-refractivity contribution is 5.91. The lowest BCUT2D eigenvalue weighted by molar-refractivity contribution is -0.131. The van der Waals surface area contributed by atoms with Crippen LogP contribution in [0.4, 0.5) is 24.7 Å². The molecule has 0 saturated carbocycles. The number of likely N-dealkylation sites (N-methyl/N-ethyl adjacent to an activating group) is 1. The number of aromatic nitrogens is 2. The normalized spacial score (nSPS) is 21.2. The van der Waals surface area contributed by atoms with Gasteiger partial charge in [0.1, 0.15) is 18.2 Å². The van der Waals surface area contributed by atoms with Crippen molar-refractivity contribution in [3.8, 4) is 28.8 Å². The molecule has 0 unspecified atom stereocenters. The minimum atomic E-state index is -3.05. The Morgan fingerprint density at radius 1 is 1.12 bits per heavy atom. The van der Waals surface area contributed by atoms with Gasteiger partial charge in [-0.25, -0.2) is 13.2 Å². The number of alkyl halides is 2. The van der Waals surface area contributed by atoms with E-state index in [2.05, 4.69) is 34.5 Å². The first kappa shape index (κ1) is 35.6. The van der Waals surface area contributed by atoms with Crippen LogP contribution in [0.5, 0.6) is 11.6 Å². The van der Waals surface area contributed by atoms with Crippen LogP contribution in [0, 0.1) is 25.2 Å². The Morgan fingerprint density at radius 3 is 2.67 bits per heavy atom. The van der Waals surface area contributed by atoms with Gasteiger partial charge < -0.3 is 29.1 Å². The number of pyridine rings is 2. The third-order valence-corrected chi connectivity index (χ3v) is 11.0. The minimum absolute atomic E-state index is 0.00438. The van der Waals surface area contributed by atoms with Gasteiger partial charge in [0.25, 0.3) is 11.8 Å². The zero-order valence-corrected chi connectivity index (χ0v) is 29.9. The molecule has 1 amide bonds. The summed E-state index contributed by atoms with van der Waals surface area (Å²) in [6, 6.07) is 8.81. The second-order valence-electron chi connectivity index (χ2n) is 14.2. The molecule has 6 heterocycles. The molecule has 3 aromatic rings. The van der Waals surface area contributed by atoms with Gasteiger partial charge in [0.15, 0.2) is 5.83 Å². The topological polar surface area (TPSA) is 98.1 Å². The summed E-state index contributed by atoms with van der Waals surface area (Å²) in [5, 5.41) is 9.68. The summed E-state index contributed by atoms with van der Waals surface area (Å²) in [6.45, 7) is 10.0. The number of likely N-dealkylation sites (tertiary alicyclic amines) is 1. The number of halogens is 3. The molecule has 274 valence electrons. The van der Waals surface area contributed by atoms with Gasteiger partial charge in [-0.3, -0.25) is 9.78 Å². The smallest absolute Gasteiger partial charge is 0.282 e. The number of ether oxygens (including phenoxy) is 2. The number of benzene rings is 1. The van der Waals surface area contributed by atoms with E-state index >= 15 is 8.78 Å². The molecule has 0 aliphatic carbocycles. The van der Waals surface area contributed by atoms with Gasteiger partial charge in [0.05, 0.1) is 42.7 Å². The van der Waals surface area contributed by atoms with Crippen LogP contribution in [0.2, 0.25) is 0 Å². The standard InChI is InChI=1S/C39H44F3N7O3/c1-24-11-15-44-26(3)33(24)34-30-22-47(31-8-5-9-32-35(31)39(41,42)13-20-51-32)17-12-29(30)36(45-37(34)52-23-28-7-6-16-46(28)4)48-18-19-49(38(50)25(2)40)27(21-48)10-14-43/h5,8-9,11,15,27-28H,2,6-7,10,12-13,16-23H2,1,3-4H3/t27-,28-/m0/s1. The summed E-state index contributed by atoms with van der Waals surface area (Å²) in [5.74, 6) is -3.65. The predicted molar refractivity (Wildman–Crippen MR) is 191 cm³/mol. The Hall–Kier alpha value is -4.83. The second-order valence-corrected chi connectivity index (χ2v) is 14.2. The van der Waals surface area contributed by atoms with Gasteiger partial charge >= 0.3 is 0 Å². The summed E-state index contributed by atoms with van der Waals surface area (Å²) in [5.41, 5.74) is 5.63. The quantitative estimate of drug-likeness (QED) is 0.257. The van der Waals surface area contributed by atoms with Crippen molar-refractivity contribution < 1.29 is 27.4 Å². The number of nitriles is 1. The molecular weight excluding hydrogens is 671 g/mol. The molecule has 0 N–H and O–H groups in total. The average Bonchev–Trinajstić information content (AvgIpc) is 3.54. The summed E-state index contributed by atoms with van der Waals surface area (Å²) in [7, 11) is 2.09. The van der Waals surface area contributed by atoms with Gasteiger partial charge in [0.2, 0.25) is 5.88 Å². The molecule has 10 nitrogen and oxygen atoms in total. The zero-order chi connectivity index (χ0) is 36.7. The van der Waals surface area contributed by atoms with Crippen molar-refractivity contribution in [1.29, 1.82) is 5.26 Å². The van der Waals surface area contributed by atoms with E-state index in [0.717, 1.165) is 52.9 Å². The Labute approximate surface area is 302 Å². The number of fused-ring (bicyclic) bond motifs is 2. The van der Waals surface area contributed by atoms with E-state index in [1.807, 2.05) is 24.8 Å². The lowest BCUT2D eigenvalue weighted by Gasteiger charge is -2.43. The van der Waals surface area contributed by atoms with Crippen LogP contribution in [-0.4, -0.2) is 90.7 Å². The highest BCUT2D eigenvalue weighted by Crippen LogP contribution is 2.49. The molecule has 2 fully saturated rings. The van der Waals surface area contributed by atoms with Crippen LogP contribution < -0.4 is 19.3 Å². The first-order valence-corrected chi connectivity index (χ1v) is 18.0. The number of aryl methyl sites for hydroxylation is 2. The van der Waals surface area contributed by atoms with E-state index in [4.69, 9.17) is 14.5 Å². The van der Waals surface area contributed by atoms with Crippen molar-refractivity contribution in [3.63, 3.8) is 0 Å². The molecule has 1 aromatic carbocycles. The first-order valence-electron chi connectivity index (χ1n) is 18.0. The van der Waals surface area contributed by atoms with Crippen molar-refractivity contribution in [2.24, 2.45) is 0 Å². The molecule has 2 saturated heterocycles. The molecule has 7 rings (SSSR count). The van der Waals surface area contributed by atoms with E-state index < -0.39 is 30.1 Å². The Bertz CT molecular complexity index is 1910. The molecular formula is C39H44F3N7O3.